The second kappa shape index (κ2) is 11.1. The summed E-state index contributed by atoms with van der Waals surface area (Å²) in [7, 11) is -3.15. The number of rotatable bonds is 8. The topological polar surface area (TPSA) is 123 Å². The first-order valence-electron chi connectivity index (χ1n) is 12.7. The second-order valence-corrected chi connectivity index (χ2v) is 12.3. The predicted octanol–water partition coefficient (Wildman–Crippen LogP) is 4.45. The van der Waals surface area contributed by atoms with Crippen LogP contribution in [0.5, 0.6) is 0 Å². The summed E-state index contributed by atoms with van der Waals surface area (Å²) in [5.74, 6) is 1.28. The molecule has 1 saturated carbocycles. The largest absolute Gasteiger partial charge is 0.395 e. The van der Waals surface area contributed by atoms with Crippen LogP contribution in [0.25, 0.3) is 11.4 Å². The molecule has 2 heterocycles. The number of hydrogen-bond donors (Lipinski definition) is 5. The van der Waals surface area contributed by atoms with Crippen LogP contribution in [0.2, 0.25) is 0 Å². The van der Waals surface area contributed by atoms with Gasteiger partial charge in [-0.25, -0.2) is 9.97 Å². The number of ether oxygens (including phenoxy) is 1. The molecule has 1 atom stereocenters. The lowest BCUT2D eigenvalue weighted by molar-refractivity contribution is 0.0985. The molecule has 2 fully saturated rings. The van der Waals surface area contributed by atoms with Gasteiger partial charge in [0.15, 0.2) is 10.9 Å². The molecule has 0 amide bonds. The van der Waals surface area contributed by atoms with Gasteiger partial charge in [-0.15, -0.1) is 0 Å². The van der Waals surface area contributed by atoms with Gasteiger partial charge in [0.1, 0.15) is 10.6 Å². The summed E-state index contributed by atoms with van der Waals surface area (Å²) < 4.78 is 27.9. The van der Waals surface area contributed by atoms with Crippen molar-refractivity contribution in [2.45, 2.75) is 35.4 Å². The minimum absolute atomic E-state index is 0.00499. The Labute approximate surface area is 229 Å². The first kappa shape index (κ1) is 26.8. The van der Waals surface area contributed by atoms with E-state index in [1.807, 2.05) is 48.5 Å². The highest BCUT2D eigenvalue weighted by Gasteiger charge is 2.57. The normalized spacial score (nSPS) is 19.1. The summed E-state index contributed by atoms with van der Waals surface area (Å²) >= 11 is 5.25. The molecule has 1 aromatic heterocycles. The third-order valence-corrected chi connectivity index (χ3v) is 9.84. The first-order valence-corrected chi connectivity index (χ1v) is 14.6. The third-order valence-electron chi connectivity index (χ3n) is 6.96. The number of hydrogen-bond acceptors (Lipinski definition) is 8. The number of aromatic nitrogens is 2. The maximum atomic E-state index is 11.5. The SMILES string of the molecule is C[C@H]1COCCN1c1cc(C2(S(O)(O)c3ccccc3)CC2)nc(-c2ccc(NC(=S)NCCO)cc2)n1. The Bertz CT molecular complexity index is 1270. The van der Waals surface area contributed by atoms with Gasteiger partial charge in [0.05, 0.1) is 36.5 Å². The predicted molar refractivity (Wildman–Crippen MR) is 155 cm³/mol. The minimum atomic E-state index is -3.15. The van der Waals surface area contributed by atoms with Gasteiger partial charge >= 0.3 is 0 Å². The Morgan fingerprint density at radius 1 is 1.13 bits per heavy atom. The number of anilines is 2. The summed E-state index contributed by atoms with van der Waals surface area (Å²) in [6.45, 7) is 4.36. The van der Waals surface area contributed by atoms with Crippen LogP contribution in [-0.4, -0.2) is 68.2 Å². The molecule has 0 unspecified atom stereocenters. The Hall–Kier alpha value is -2.80. The van der Waals surface area contributed by atoms with Crippen LogP contribution in [0.3, 0.4) is 0 Å². The van der Waals surface area contributed by atoms with E-state index in [9.17, 15) is 9.11 Å². The van der Waals surface area contributed by atoms with Gasteiger partial charge in [-0.1, -0.05) is 18.2 Å². The van der Waals surface area contributed by atoms with Crippen LogP contribution < -0.4 is 15.5 Å². The van der Waals surface area contributed by atoms with Gasteiger partial charge < -0.3 is 25.4 Å². The van der Waals surface area contributed by atoms with E-state index in [1.165, 1.54) is 0 Å². The molecule has 1 aliphatic heterocycles. The molecule has 9 nitrogen and oxygen atoms in total. The van der Waals surface area contributed by atoms with E-state index in [0.717, 1.165) is 17.1 Å². The highest BCUT2D eigenvalue weighted by Crippen LogP contribution is 2.75. The monoisotopic (exact) mass is 555 g/mol. The Balaban J connectivity index is 1.52. The van der Waals surface area contributed by atoms with E-state index >= 15 is 0 Å². The van der Waals surface area contributed by atoms with Crippen molar-refractivity contribution in [2.24, 2.45) is 0 Å². The maximum absolute atomic E-state index is 11.5. The van der Waals surface area contributed by atoms with E-state index < -0.39 is 15.3 Å². The molecule has 1 aliphatic carbocycles. The molecule has 0 radical (unpaired) electrons. The lowest BCUT2D eigenvalue weighted by Crippen LogP contribution is -2.44. The Morgan fingerprint density at radius 2 is 1.87 bits per heavy atom. The molecule has 3 aromatic rings. The van der Waals surface area contributed by atoms with Crippen LogP contribution in [0.15, 0.2) is 65.6 Å². The highest BCUT2D eigenvalue weighted by molar-refractivity contribution is 8.25. The van der Waals surface area contributed by atoms with Crippen LogP contribution >= 0.6 is 22.8 Å². The average Bonchev–Trinajstić information content (AvgIpc) is 3.76. The summed E-state index contributed by atoms with van der Waals surface area (Å²) in [5, 5.41) is 15.4. The standard InChI is InChI=1S/C27H33N5O4S2/c1-19-18-36-16-14-32(19)24-17-23(27(11-12-27)38(34,35)22-5-3-2-4-6-22)30-25(31-24)20-7-9-21(10-8-20)29-26(37)28-13-15-33/h2-10,17,19,33-35H,11-16,18H2,1H3,(H2,28,29,37)/t19-/m0/s1. The van der Waals surface area contributed by atoms with E-state index in [1.54, 1.807) is 12.1 Å². The van der Waals surface area contributed by atoms with Crippen LogP contribution in [-0.2, 0) is 9.48 Å². The summed E-state index contributed by atoms with van der Waals surface area (Å²) in [6, 6.07) is 18.7. The number of aliphatic hydroxyl groups is 1. The van der Waals surface area contributed by atoms with E-state index in [2.05, 4.69) is 22.5 Å². The number of aliphatic hydroxyl groups excluding tert-OH is 1. The molecule has 2 aliphatic rings. The number of thiocarbonyl (C=S) groups is 1. The number of morpholine rings is 1. The molecular formula is C27H33N5O4S2. The molecule has 38 heavy (non-hydrogen) atoms. The Morgan fingerprint density at radius 3 is 2.53 bits per heavy atom. The summed E-state index contributed by atoms with van der Waals surface area (Å²) in [6.07, 6.45) is 1.28. The van der Waals surface area contributed by atoms with Crippen LogP contribution in [0.1, 0.15) is 25.5 Å². The molecular weight excluding hydrogens is 522 g/mol. The van der Waals surface area contributed by atoms with Crippen LogP contribution in [0.4, 0.5) is 11.5 Å². The average molecular weight is 556 g/mol. The third kappa shape index (κ3) is 5.35. The molecule has 11 heteroatoms. The zero-order chi connectivity index (χ0) is 26.8. The van der Waals surface area contributed by atoms with Crippen molar-refractivity contribution in [1.29, 1.82) is 0 Å². The van der Waals surface area contributed by atoms with Gasteiger partial charge in [0.25, 0.3) is 0 Å². The van der Waals surface area contributed by atoms with Crippen molar-refractivity contribution >= 4 is 39.4 Å². The molecule has 5 N–H and O–H groups in total. The molecule has 5 rings (SSSR count). The zero-order valence-corrected chi connectivity index (χ0v) is 22.8. The minimum Gasteiger partial charge on any atom is -0.395 e. The van der Waals surface area contributed by atoms with Crippen molar-refractivity contribution in [3.05, 3.63) is 66.4 Å². The number of nitrogens with zero attached hydrogens (tertiary/aromatic N) is 3. The van der Waals surface area contributed by atoms with Gasteiger partial charge in [-0.05, 0) is 68.4 Å². The van der Waals surface area contributed by atoms with Gasteiger partial charge in [0.2, 0.25) is 0 Å². The number of benzene rings is 2. The van der Waals surface area contributed by atoms with Crippen molar-refractivity contribution in [1.82, 2.24) is 15.3 Å². The van der Waals surface area contributed by atoms with Crippen molar-refractivity contribution in [2.75, 3.05) is 43.1 Å². The van der Waals surface area contributed by atoms with Gasteiger partial charge in [-0.3, -0.25) is 9.11 Å². The second-order valence-electron chi connectivity index (χ2n) is 9.59. The lowest BCUT2D eigenvalue weighted by Gasteiger charge is -2.41. The molecule has 202 valence electrons. The van der Waals surface area contributed by atoms with Crippen molar-refractivity contribution < 1.29 is 18.9 Å². The van der Waals surface area contributed by atoms with Crippen molar-refractivity contribution in [3.63, 3.8) is 0 Å². The van der Waals surface area contributed by atoms with Crippen LogP contribution in [0, 0.1) is 0 Å². The molecule has 0 bridgehead atoms. The summed E-state index contributed by atoms with van der Waals surface area (Å²) in [4.78, 5) is 12.6. The zero-order valence-electron chi connectivity index (χ0n) is 21.2. The summed E-state index contributed by atoms with van der Waals surface area (Å²) in [5.41, 5.74) is 2.25. The highest BCUT2D eigenvalue weighted by atomic mass is 32.3. The fourth-order valence-corrected chi connectivity index (χ4v) is 6.97. The van der Waals surface area contributed by atoms with Gasteiger partial charge in [-0.2, -0.15) is 10.6 Å². The first-order chi connectivity index (χ1) is 18.3. The van der Waals surface area contributed by atoms with E-state index in [0.29, 0.717) is 60.7 Å². The number of nitrogens with one attached hydrogen (secondary N) is 2. The van der Waals surface area contributed by atoms with Gasteiger partial charge in [0, 0.05) is 30.4 Å². The quantitative estimate of drug-likeness (QED) is 0.255. The van der Waals surface area contributed by atoms with E-state index in [4.69, 9.17) is 32.0 Å². The van der Waals surface area contributed by atoms with E-state index in [-0.39, 0.29) is 12.6 Å². The molecule has 1 saturated heterocycles. The molecule has 0 spiro atoms. The Kier molecular flexibility index (Phi) is 7.85. The smallest absolute Gasteiger partial charge is 0.170 e. The lowest BCUT2D eigenvalue weighted by atomic mass is 10.1. The van der Waals surface area contributed by atoms with Crippen molar-refractivity contribution in [3.8, 4) is 11.4 Å². The fraction of sp³-hybridized carbons (Fsp3) is 0.370. The molecule has 2 aromatic carbocycles. The fourth-order valence-electron chi connectivity index (χ4n) is 4.69. The maximum Gasteiger partial charge on any atom is 0.170 e.